The molecule has 19 heavy (non-hydrogen) atoms. The van der Waals surface area contributed by atoms with Gasteiger partial charge in [0.25, 0.3) is 0 Å². The van der Waals surface area contributed by atoms with Crippen LogP contribution in [0.25, 0.3) is 0 Å². The topological polar surface area (TPSA) is 47.0 Å². The first kappa shape index (κ1) is 13.8. The molecule has 102 valence electrons. The van der Waals surface area contributed by atoms with Crippen molar-refractivity contribution in [1.82, 2.24) is 15.3 Å². The fourth-order valence-corrected chi connectivity index (χ4v) is 1.81. The average Bonchev–Trinajstić information content (AvgIpc) is 2.37. The van der Waals surface area contributed by atoms with Gasteiger partial charge in [0.2, 0.25) is 5.88 Å². The smallest absolute Gasteiger partial charge is 0.217 e. The van der Waals surface area contributed by atoms with Gasteiger partial charge in [-0.25, -0.2) is 9.97 Å². The Labute approximate surface area is 115 Å². The highest BCUT2D eigenvalue weighted by molar-refractivity contribution is 5.31. The molecular weight excluding hydrogens is 238 g/mol. The van der Waals surface area contributed by atoms with E-state index in [1.807, 2.05) is 6.07 Å². The molecule has 1 saturated heterocycles. The summed E-state index contributed by atoms with van der Waals surface area (Å²) in [5.41, 5.74) is 0.690. The summed E-state index contributed by atoms with van der Waals surface area (Å²) in [4.78, 5) is 8.31. The van der Waals surface area contributed by atoms with Crippen LogP contribution in [0.1, 0.15) is 39.3 Å². The van der Waals surface area contributed by atoms with Gasteiger partial charge in [-0.2, -0.15) is 0 Å². The first-order valence-corrected chi connectivity index (χ1v) is 6.75. The monoisotopic (exact) mass is 259 g/mol. The molecule has 0 spiro atoms. The van der Waals surface area contributed by atoms with Crippen LogP contribution >= 0.6 is 0 Å². The quantitative estimate of drug-likeness (QED) is 0.825. The van der Waals surface area contributed by atoms with Crippen LogP contribution in [0, 0.1) is 17.3 Å². The summed E-state index contributed by atoms with van der Waals surface area (Å²) in [6, 6.07) is 1.82. The number of nitrogens with zero attached hydrogens (tertiary/aromatic N) is 2. The van der Waals surface area contributed by atoms with Crippen LogP contribution in [0.5, 0.6) is 5.88 Å². The lowest BCUT2D eigenvalue weighted by Gasteiger charge is -2.23. The Bertz CT molecular complexity index is 476. The number of aromatic nitrogens is 2. The summed E-state index contributed by atoms with van der Waals surface area (Å²) in [7, 11) is 0. The third-order valence-electron chi connectivity index (χ3n) is 2.78. The third-order valence-corrected chi connectivity index (χ3v) is 2.78. The summed E-state index contributed by atoms with van der Waals surface area (Å²) in [6.07, 6.45) is 3.81. The molecule has 2 rings (SSSR count). The lowest BCUT2D eigenvalue weighted by Crippen LogP contribution is -2.34. The van der Waals surface area contributed by atoms with Crippen LogP contribution in [-0.4, -0.2) is 29.2 Å². The molecule has 0 atom stereocenters. The normalized spacial score (nSPS) is 16.6. The van der Waals surface area contributed by atoms with Crippen molar-refractivity contribution in [3.8, 4) is 17.7 Å². The predicted molar refractivity (Wildman–Crippen MR) is 74.9 cm³/mol. The van der Waals surface area contributed by atoms with Gasteiger partial charge in [-0.1, -0.05) is 5.92 Å². The highest BCUT2D eigenvalue weighted by Crippen LogP contribution is 2.15. The molecule has 1 N–H and O–H groups in total. The van der Waals surface area contributed by atoms with E-state index in [4.69, 9.17) is 4.74 Å². The number of ether oxygens (including phenoxy) is 1. The van der Waals surface area contributed by atoms with E-state index in [1.54, 1.807) is 0 Å². The van der Waals surface area contributed by atoms with Crippen LogP contribution in [-0.2, 0) is 0 Å². The second kappa shape index (κ2) is 6.03. The van der Waals surface area contributed by atoms with Gasteiger partial charge in [-0.3, -0.25) is 0 Å². The summed E-state index contributed by atoms with van der Waals surface area (Å²) in [5.74, 6) is 6.86. The minimum absolute atomic E-state index is 0.0268. The molecule has 1 fully saturated rings. The van der Waals surface area contributed by atoms with Gasteiger partial charge >= 0.3 is 0 Å². The van der Waals surface area contributed by atoms with E-state index in [2.05, 4.69) is 47.9 Å². The highest BCUT2D eigenvalue weighted by Gasteiger charge is 2.15. The number of nitrogens with one attached hydrogen (secondary N) is 1. The summed E-state index contributed by atoms with van der Waals surface area (Å²) >= 11 is 0. The molecule has 0 saturated carbocycles. The van der Waals surface area contributed by atoms with Gasteiger partial charge in [0, 0.05) is 11.5 Å². The van der Waals surface area contributed by atoms with Crippen LogP contribution < -0.4 is 10.1 Å². The molecule has 4 nitrogen and oxygen atoms in total. The SMILES string of the molecule is CC(C)(C)C#Cc1cc(OC2CCNCC2)ncn1. The van der Waals surface area contributed by atoms with Crippen LogP contribution in [0.3, 0.4) is 0 Å². The van der Waals surface area contributed by atoms with E-state index >= 15 is 0 Å². The summed E-state index contributed by atoms with van der Waals surface area (Å²) in [6.45, 7) is 8.24. The molecule has 0 aromatic carbocycles. The Morgan fingerprint density at radius 3 is 2.68 bits per heavy atom. The fourth-order valence-electron chi connectivity index (χ4n) is 1.81. The molecular formula is C15H21N3O. The van der Waals surface area contributed by atoms with Crippen molar-refractivity contribution >= 4 is 0 Å². The molecule has 0 radical (unpaired) electrons. The first-order chi connectivity index (χ1) is 9.03. The van der Waals surface area contributed by atoms with Crippen LogP contribution in [0.2, 0.25) is 0 Å². The van der Waals surface area contributed by atoms with Gasteiger partial charge in [-0.15, -0.1) is 0 Å². The van der Waals surface area contributed by atoms with Gasteiger partial charge in [0.15, 0.2) is 0 Å². The van der Waals surface area contributed by atoms with E-state index < -0.39 is 0 Å². The van der Waals surface area contributed by atoms with Crippen molar-refractivity contribution in [3.05, 3.63) is 18.1 Å². The molecule has 0 unspecified atom stereocenters. The minimum Gasteiger partial charge on any atom is -0.474 e. The maximum atomic E-state index is 5.87. The van der Waals surface area contributed by atoms with Crippen molar-refractivity contribution in [2.24, 2.45) is 5.41 Å². The Balaban J connectivity index is 2.03. The lowest BCUT2D eigenvalue weighted by molar-refractivity contribution is 0.155. The maximum Gasteiger partial charge on any atom is 0.217 e. The lowest BCUT2D eigenvalue weighted by atomic mass is 9.98. The molecule has 1 aliphatic heterocycles. The van der Waals surface area contributed by atoms with E-state index in [0.29, 0.717) is 11.6 Å². The Morgan fingerprint density at radius 1 is 1.26 bits per heavy atom. The highest BCUT2D eigenvalue weighted by atomic mass is 16.5. The number of hydrogen-bond acceptors (Lipinski definition) is 4. The van der Waals surface area contributed by atoms with Crippen molar-refractivity contribution in [1.29, 1.82) is 0 Å². The molecule has 1 aromatic rings. The molecule has 0 amide bonds. The Kier molecular flexibility index (Phi) is 4.39. The van der Waals surface area contributed by atoms with E-state index in [0.717, 1.165) is 25.9 Å². The maximum absolute atomic E-state index is 5.87. The largest absolute Gasteiger partial charge is 0.474 e. The van der Waals surface area contributed by atoms with Gasteiger partial charge in [0.1, 0.15) is 18.1 Å². The van der Waals surface area contributed by atoms with Crippen molar-refractivity contribution < 1.29 is 4.74 Å². The molecule has 2 heterocycles. The van der Waals surface area contributed by atoms with E-state index in [1.165, 1.54) is 6.33 Å². The summed E-state index contributed by atoms with van der Waals surface area (Å²) in [5, 5.41) is 3.31. The van der Waals surface area contributed by atoms with Gasteiger partial charge < -0.3 is 10.1 Å². The number of piperidine rings is 1. The van der Waals surface area contributed by atoms with Crippen LogP contribution in [0.15, 0.2) is 12.4 Å². The van der Waals surface area contributed by atoms with Crippen LogP contribution in [0.4, 0.5) is 0 Å². The van der Waals surface area contributed by atoms with Crippen molar-refractivity contribution in [2.75, 3.05) is 13.1 Å². The summed E-state index contributed by atoms with van der Waals surface area (Å²) < 4.78 is 5.87. The zero-order chi connectivity index (χ0) is 13.7. The second-order valence-electron chi connectivity index (χ2n) is 5.81. The second-order valence-corrected chi connectivity index (χ2v) is 5.81. The van der Waals surface area contributed by atoms with Crippen molar-refractivity contribution in [3.63, 3.8) is 0 Å². The zero-order valence-electron chi connectivity index (χ0n) is 11.9. The molecule has 4 heteroatoms. The standard InChI is InChI=1S/C15H21N3O/c1-15(2,3)7-4-12-10-14(18-11-17-12)19-13-5-8-16-9-6-13/h10-11,13,16H,5-6,8-9H2,1-3H3. The Morgan fingerprint density at radius 2 is 2.00 bits per heavy atom. The van der Waals surface area contributed by atoms with E-state index in [-0.39, 0.29) is 11.5 Å². The van der Waals surface area contributed by atoms with Crippen molar-refractivity contribution in [2.45, 2.75) is 39.7 Å². The molecule has 0 aliphatic carbocycles. The molecule has 1 aromatic heterocycles. The van der Waals surface area contributed by atoms with E-state index in [9.17, 15) is 0 Å². The first-order valence-electron chi connectivity index (χ1n) is 6.75. The zero-order valence-corrected chi connectivity index (χ0v) is 11.9. The minimum atomic E-state index is -0.0268. The number of rotatable bonds is 2. The predicted octanol–water partition coefficient (Wildman–Crippen LogP) is 2.00. The third kappa shape index (κ3) is 4.88. The fraction of sp³-hybridized carbons (Fsp3) is 0.600. The Hall–Kier alpha value is -1.60. The number of hydrogen-bond donors (Lipinski definition) is 1. The molecule has 1 aliphatic rings. The van der Waals surface area contributed by atoms with Gasteiger partial charge in [-0.05, 0) is 52.6 Å². The molecule has 0 bridgehead atoms. The average molecular weight is 259 g/mol. The van der Waals surface area contributed by atoms with Gasteiger partial charge in [0.05, 0.1) is 0 Å².